The minimum absolute atomic E-state index is 0.0617. The first-order valence-electron chi connectivity index (χ1n) is 7.23. The summed E-state index contributed by atoms with van der Waals surface area (Å²) in [4.78, 5) is -0.308. The Morgan fingerprint density at radius 2 is 1.92 bits per heavy atom. The van der Waals surface area contributed by atoms with Gasteiger partial charge in [-0.3, -0.25) is 5.10 Å². The van der Waals surface area contributed by atoms with Gasteiger partial charge in [-0.25, -0.2) is 8.42 Å². The molecule has 1 heterocycles. The maximum Gasteiger partial charge on any atom is 0.216 e. The van der Waals surface area contributed by atoms with Crippen LogP contribution in [0, 0.1) is 11.3 Å². The van der Waals surface area contributed by atoms with Crippen LogP contribution in [0.3, 0.4) is 0 Å². The lowest BCUT2D eigenvalue weighted by Gasteiger charge is -2.04. The Kier molecular flexibility index (Phi) is 4.70. The molecule has 0 unspecified atom stereocenters. The molecule has 0 saturated heterocycles. The molecule has 124 valence electrons. The monoisotopic (exact) mass is 369 g/mol. The molecule has 0 aliphatic rings. The van der Waals surface area contributed by atoms with Crippen LogP contribution < -0.4 is 0 Å². The maximum absolute atomic E-state index is 12.6. The van der Waals surface area contributed by atoms with E-state index in [-0.39, 0.29) is 9.80 Å². The minimum Gasteiger partial charge on any atom is -0.278 e. The van der Waals surface area contributed by atoms with Gasteiger partial charge in [-0.15, -0.1) is 0 Å². The Labute approximate surface area is 150 Å². The van der Waals surface area contributed by atoms with Crippen molar-refractivity contribution in [2.75, 3.05) is 0 Å². The first kappa shape index (κ1) is 17.0. The Balaban J connectivity index is 2.09. The van der Waals surface area contributed by atoms with E-state index in [1.807, 2.05) is 6.07 Å². The molecule has 0 aliphatic heterocycles. The van der Waals surface area contributed by atoms with E-state index in [0.717, 1.165) is 5.56 Å². The van der Waals surface area contributed by atoms with Gasteiger partial charge in [0.15, 0.2) is 4.91 Å². The summed E-state index contributed by atoms with van der Waals surface area (Å²) in [6.45, 7) is 0. The topological polar surface area (TPSA) is 86.6 Å². The van der Waals surface area contributed by atoms with Crippen molar-refractivity contribution in [1.82, 2.24) is 10.2 Å². The summed E-state index contributed by atoms with van der Waals surface area (Å²) in [5.41, 5.74) is 1.83. The highest BCUT2D eigenvalue weighted by Crippen LogP contribution is 2.28. The third-order valence-electron chi connectivity index (χ3n) is 3.53. The highest BCUT2D eigenvalue weighted by Gasteiger charge is 2.21. The van der Waals surface area contributed by atoms with Gasteiger partial charge in [0, 0.05) is 10.6 Å². The van der Waals surface area contributed by atoms with Crippen molar-refractivity contribution >= 4 is 27.5 Å². The number of halogens is 1. The predicted molar refractivity (Wildman–Crippen MR) is 96.3 cm³/mol. The summed E-state index contributed by atoms with van der Waals surface area (Å²) in [6, 6.07) is 16.7. The summed E-state index contributed by atoms with van der Waals surface area (Å²) in [6.07, 6.45) is 2.84. The first-order valence-corrected chi connectivity index (χ1v) is 9.10. The number of allylic oxidation sites excluding steroid dienone is 1. The number of benzene rings is 2. The van der Waals surface area contributed by atoms with Crippen molar-refractivity contribution < 1.29 is 8.42 Å². The number of sulfone groups is 1. The molecule has 0 amide bonds. The molecular formula is C18H12ClN3O2S. The molecular weight excluding hydrogens is 358 g/mol. The molecule has 0 radical (unpaired) electrons. The number of nitrogens with zero attached hydrogens (tertiary/aromatic N) is 2. The van der Waals surface area contributed by atoms with Crippen molar-refractivity contribution in [3.8, 4) is 17.2 Å². The smallest absolute Gasteiger partial charge is 0.216 e. The summed E-state index contributed by atoms with van der Waals surface area (Å²) in [5.74, 6) is 0. The highest BCUT2D eigenvalue weighted by atomic mass is 35.5. The molecule has 1 N–H and O–H groups in total. The molecule has 0 fully saturated rings. The molecule has 3 rings (SSSR count). The fraction of sp³-hybridized carbons (Fsp3) is 0. The summed E-state index contributed by atoms with van der Waals surface area (Å²) >= 11 is 6.01. The quantitative estimate of drug-likeness (QED) is 0.702. The zero-order valence-electron chi connectivity index (χ0n) is 12.8. The molecule has 0 bridgehead atoms. The molecule has 7 heteroatoms. The summed E-state index contributed by atoms with van der Waals surface area (Å²) in [5, 5.41) is 16.6. The van der Waals surface area contributed by atoms with Crippen LogP contribution in [-0.4, -0.2) is 18.6 Å². The van der Waals surface area contributed by atoms with Gasteiger partial charge in [0.1, 0.15) is 6.07 Å². The fourth-order valence-electron chi connectivity index (χ4n) is 2.32. The lowest BCUT2D eigenvalue weighted by Crippen LogP contribution is -2.03. The average Bonchev–Trinajstić information content (AvgIpc) is 3.08. The van der Waals surface area contributed by atoms with E-state index in [4.69, 9.17) is 11.6 Å². The van der Waals surface area contributed by atoms with Gasteiger partial charge in [0.2, 0.25) is 9.84 Å². The summed E-state index contributed by atoms with van der Waals surface area (Å²) < 4.78 is 25.3. The van der Waals surface area contributed by atoms with Crippen LogP contribution in [0.2, 0.25) is 5.02 Å². The molecule has 0 atom stereocenters. The van der Waals surface area contributed by atoms with E-state index < -0.39 is 9.84 Å². The highest BCUT2D eigenvalue weighted by molar-refractivity contribution is 7.95. The van der Waals surface area contributed by atoms with E-state index in [1.165, 1.54) is 18.2 Å². The zero-order chi connectivity index (χ0) is 17.9. The van der Waals surface area contributed by atoms with Crippen LogP contribution in [0.4, 0.5) is 0 Å². The SMILES string of the molecule is N#CC(=Cc1[nH]ncc1-c1cccc(Cl)c1)S(=O)(=O)c1ccccc1. The van der Waals surface area contributed by atoms with Gasteiger partial charge in [-0.1, -0.05) is 41.9 Å². The molecule has 3 aromatic rings. The second-order valence-electron chi connectivity index (χ2n) is 5.14. The van der Waals surface area contributed by atoms with Crippen LogP contribution in [0.25, 0.3) is 17.2 Å². The lowest BCUT2D eigenvalue weighted by atomic mass is 10.1. The van der Waals surface area contributed by atoms with Crippen LogP contribution >= 0.6 is 11.6 Å². The van der Waals surface area contributed by atoms with Crippen LogP contribution in [0.15, 0.2) is 70.6 Å². The molecule has 0 aliphatic carbocycles. The van der Waals surface area contributed by atoms with Crippen LogP contribution in [-0.2, 0) is 9.84 Å². The largest absolute Gasteiger partial charge is 0.278 e. The number of aromatic amines is 1. The van der Waals surface area contributed by atoms with Gasteiger partial charge >= 0.3 is 0 Å². The number of rotatable bonds is 4. The molecule has 25 heavy (non-hydrogen) atoms. The number of H-pyrrole nitrogens is 1. The Bertz CT molecular complexity index is 1080. The average molecular weight is 370 g/mol. The minimum atomic E-state index is -3.91. The second-order valence-corrected chi connectivity index (χ2v) is 7.50. The number of nitrogens with one attached hydrogen (secondary N) is 1. The maximum atomic E-state index is 12.6. The van der Waals surface area contributed by atoms with Gasteiger partial charge in [0.05, 0.1) is 16.8 Å². The molecule has 5 nitrogen and oxygen atoms in total. The van der Waals surface area contributed by atoms with Gasteiger partial charge in [0.25, 0.3) is 0 Å². The van der Waals surface area contributed by atoms with Gasteiger partial charge < -0.3 is 0 Å². The Morgan fingerprint density at radius 1 is 1.16 bits per heavy atom. The van der Waals surface area contributed by atoms with Crippen molar-refractivity contribution in [3.63, 3.8) is 0 Å². The predicted octanol–water partition coefficient (Wildman–Crippen LogP) is 4.07. The molecule has 1 aromatic heterocycles. The van der Waals surface area contributed by atoms with E-state index in [9.17, 15) is 13.7 Å². The molecule has 2 aromatic carbocycles. The van der Waals surface area contributed by atoms with E-state index in [0.29, 0.717) is 16.3 Å². The lowest BCUT2D eigenvalue weighted by molar-refractivity contribution is 0.603. The third kappa shape index (κ3) is 3.48. The molecule has 0 spiro atoms. The normalized spacial score (nSPS) is 11.9. The van der Waals surface area contributed by atoms with E-state index in [2.05, 4.69) is 10.2 Å². The van der Waals surface area contributed by atoms with E-state index in [1.54, 1.807) is 48.7 Å². The second kappa shape index (κ2) is 6.93. The summed E-state index contributed by atoms with van der Waals surface area (Å²) in [7, 11) is -3.91. The molecule has 0 saturated carbocycles. The van der Waals surface area contributed by atoms with Crippen molar-refractivity contribution in [2.24, 2.45) is 0 Å². The van der Waals surface area contributed by atoms with Crippen LogP contribution in [0.1, 0.15) is 5.69 Å². The van der Waals surface area contributed by atoms with Gasteiger partial charge in [-0.2, -0.15) is 10.4 Å². The standard InChI is InChI=1S/C18H12ClN3O2S/c19-14-6-4-5-13(9-14)17-12-21-22-18(17)10-16(11-20)25(23,24)15-7-2-1-3-8-15/h1-10,12H,(H,21,22). The van der Waals surface area contributed by atoms with Crippen molar-refractivity contribution in [3.05, 3.63) is 76.4 Å². The number of nitriles is 1. The van der Waals surface area contributed by atoms with E-state index >= 15 is 0 Å². The van der Waals surface area contributed by atoms with Crippen LogP contribution in [0.5, 0.6) is 0 Å². The Hall–Kier alpha value is -2.88. The number of hydrogen-bond donors (Lipinski definition) is 1. The van der Waals surface area contributed by atoms with Crippen molar-refractivity contribution in [1.29, 1.82) is 5.26 Å². The number of aromatic nitrogens is 2. The first-order chi connectivity index (χ1) is 12.0. The fourth-order valence-corrected chi connectivity index (χ4v) is 3.67. The number of hydrogen-bond acceptors (Lipinski definition) is 4. The van der Waals surface area contributed by atoms with Gasteiger partial charge in [-0.05, 0) is 35.9 Å². The zero-order valence-corrected chi connectivity index (χ0v) is 14.4. The third-order valence-corrected chi connectivity index (χ3v) is 5.45. The van der Waals surface area contributed by atoms with Crippen molar-refractivity contribution in [2.45, 2.75) is 4.90 Å². The Morgan fingerprint density at radius 3 is 2.60 bits per heavy atom.